The van der Waals surface area contributed by atoms with E-state index in [2.05, 4.69) is 17.4 Å². The number of fused-ring (bicyclic) bond motifs is 2. The predicted octanol–water partition coefficient (Wildman–Crippen LogP) is 3.26. The topological polar surface area (TPSA) is 45.5 Å². The second-order valence-electron chi connectivity index (χ2n) is 7.06. The van der Waals surface area contributed by atoms with Crippen LogP contribution in [0.5, 0.6) is 0 Å². The lowest BCUT2D eigenvalue weighted by Crippen LogP contribution is -2.53. The molecule has 2 saturated heterocycles. The summed E-state index contributed by atoms with van der Waals surface area (Å²) < 4.78 is 5.92. The van der Waals surface area contributed by atoms with Gasteiger partial charge in [-0.1, -0.05) is 12.1 Å². The number of piperidine rings is 2. The second-order valence-corrected chi connectivity index (χ2v) is 7.06. The number of carbonyl (C=O) groups is 1. The van der Waals surface area contributed by atoms with Gasteiger partial charge in [-0.25, -0.2) is 0 Å². The van der Waals surface area contributed by atoms with Gasteiger partial charge in [0.05, 0.1) is 0 Å². The van der Waals surface area contributed by atoms with Crippen LogP contribution in [0.2, 0.25) is 0 Å². The first kappa shape index (κ1) is 14.8. The second kappa shape index (κ2) is 5.68. The van der Waals surface area contributed by atoms with Crippen LogP contribution in [0.3, 0.4) is 0 Å². The Hall–Kier alpha value is -1.81. The van der Waals surface area contributed by atoms with Crippen molar-refractivity contribution in [2.45, 2.75) is 39.2 Å². The van der Waals surface area contributed by atoms with Crippen LogP contribution in [-0.4, -0.2) is 36.5 Å². The molecule has 4 nitrogen and oxygen atoms in total. The smallest absolute Gasteiger partial charge is 0.289 e. The maximum absolute atomic E-state index is 13.0. The Morgan fingerprint density at radius 2 is 2.17 bits per heavy atom. The molecule has 0 aliphatic carbocycles. The Kier molecular flexibility index (Phi) is 3.64. The van der Waals surface area contributed by atoms with Crippen LogP contribution in [0, 0.1) is 19.8 Å². The van der Waals surface area contributed by atoms with E-state index < -0.39 is 0 Å². The number of amides is 1. The standard InChI is InChI=1S/C19H24N2O2/c1-12-5-6-15-13(2)18(23-17(15)10-12)19(22)21-9-7-16-14(11-21)4-3-8-20-16/h5-6,10,14,16,20H,3-4,7-9,11H2,1-2H3/t14-,16+/m1/s1. The molecule has 2 aromatic rings. The zero-order chi connectivity index (χ0) is 16.0. The van der Waals surface area contributed by atoms with Crippen LogP contribution in [-0.2, 0) is 0 Å². The molecular formula is C19H24N2O2. The van der Waals surface area contributed by atoms with E-state index in [0.717, 1.165) is 48.2 Å². The lowest BCUT2D eigenvalue weighted by molar-refractivity contribution is 0.0563. The molecule has 122 valence electrons. The summed E-state index contributed by atoms with van der Waals surface area (Å²) >= 11 is 0. The first-order valence-electron chi connectivity index (χ1n) is 8.66. The van der Waals surface area contributed by atoms with Crippen molar-refractivity contribution < 1.29 is 9.21 Å². The highest BCUT2D eigenvalue weighted by Gasteiger charge is 2.34. The number of hydrogen-bond donors (Lipinski definition) is 1. The van der Waals surface area contributed by atoms with E-state index in [9.17, 15) is 4.79 Å². The van der Waals surface area contributed by atoms with Crippen molar-refractivity contribution in [1.82, 2.24) is 10.2 Å². The third-order valence-corrected chi connectivity index (χ3v) is 5.47. The molecule has 2 fully saturated rings. The molecule has 23 heavy (non-hydrogen) atoms. The maximum Gasteiger partial charge on any atom is 0.289 e. The molecule has 0 radical (unpaired) electrons. The van der Waals surface area contributed by atoms with Gasteiger partial charge in [-0.15, -0.1) is 0 Å². The summed E-state index contributed by atoms with van der Waals surface area (Å²) in [5.74, 6) is 1.17. The summed E-state index contributed by atoms with van der Waals surface area (Å²) in [7, 11) is 0. The van der Waals surface area contributed by atoms with Crippen LogP contribution < -0.4 is 5.32 Å². The average molecular weight is 312 g/mol. The summed E-state index contributed by atoms with van der Waals surface area (Å²) in [4.78, 5) is 15.0. The molecule has 0 unspecified atom stereocenters. The molecule has 4 heteroatoms. The van der Waals surface area contributed by atoms with Crippen LogP contribution in [0.15, 0.2) is 22.6 Å². The molecule has 3 heterocycles. The number of nitrogens with one attached hydrogen (secondary N) is 1. The molecule has 1 aromatic heterocycles. The van der Waals surface area contributed by atoms with Crippen molar-refractivity contribution in [3.8, 4) is 0 Å². The molecule has 1 amide bonds. The molecule has 2 atom stereocenters. The fraction of sp³-hybridized carbons (Fsp3) is 0.526. The third-order valence-electron chi connectivity index (χ3n) is 5.47. The zero-order valence-electron chi connectivity index (χ0n) is 13.9. The first-order chi connectivity index (χ1) is 11.1. The Labute approximate surface area is 136 Å². The molecular weight excluding hydrogens is 288 g/mol. The van der Waals surface area contributed by atoms with Gasteiger partial charge in [0.2, 0.25) is 0 Å². The normalized spacial score (nSPS) is 24.7. The Balaban J connectivity index is 1.60. The molecule has 2 aliphatic heterocycles. The van der Waals surface area contributed by atoms with E-state index in [1.165, 1.54) is 12.8 Å². The number of nitrogens with zero attached hydrogens (tertiary/aromatic N) is 1. The van der Waals surface area contributed by atoms with Crippen molar-refractivity contribution >= 4 is 16.9 Å². The Morgan fingerprint density at radius 3 is 3.04 bits per heavy atom. The molecule has 0 spiro atoms. The minimum Gasteiger partial charge on any atom is -0.451 e. The highest BCUT2D eigenvalue weighted by molar-refractivity contribution is 5.99. The number of carbonyl (C=O) groups excluding carboxylic acids is 1. The van der Waals surface area contributed by atoms with E-state index >= 15 is 0 Å². The molecule has 4 rings (SSSR count). The maximum atomic E-state index is 13.0. The third kappa shape index (κ3) is 2.55. The lowest BCUT2D eigenvalue weighted by atomic mass is 9.85. The predicted molar refractivity (Wildman–Crippen MR) is 90.7 cm³/mol. The van der Waals surface area contributed by atoms with Crippen LogP contribution in [0.25, 0.3) is 11.0 Å². The van der Waals surface area contributed by atoms with E-state index in [1.807, 2.05) is 24.8 Å². The number of furan rings is 1. The van der Waals surface area contributed by atoms with E-state index in [-0.39, 0.29) is 5.91 Å². The molecule has 2 aliphatic rings. The summed E-state index contributed by atoms with van der Waals surface area (Å²) in [5.41, 5.74) is 2.94. The van der Waals surface area contributed by atoms with Gasteiger partial charge in [-0.3, -0.25) is 4.79 Å². The highest BCUT2D eigenvalue weighted by Crippen LogP contribution is 2.30. The highest BCUT2D eigenvalue weighted by atomic mass is 16.3. The van der Waals surface area contributed by atoms with E-state index in [0.29, 0.717) is 17.7 Å². The van der Waals surface area contributed by atoms with Gasteiger partial charge >= 0.3 is 0 Å². The number of aryl methyl sites for hydroxylation is 2. The van der Waals surface area contributed by atoms with E-state index in [1.54, 1.807) is 0 Å². The average Bonchev–Trinajstić information content (AvgIpc) is 2.89. The van der Waals surface area contributed by atoms with Crippen molar-refractivity contribution in [1.29, 1.82) is 0 Å². The van der Waals surface area contributed by atoms with Gasteiger partial charge < -0.3 is 14.6 Å². The van der Waals surface area contributed by atoms with Crippen LogP contribution in [0.4, 0.5) is 0 Å². The molecule has 0 bridgehead atoms. The van der Waals surface area contributed by atoms with Gasteiger partial charge in [0.15, 0.2) is 5.76 Å². The monoisotopic (exact) mass is 312 g/mol. The van der Waals surface area contributed by atoms with Crippen LogP contribution >= 0.6 is 0 Å². The Bertz CT molecular complexity index is 749. The summed E-state index contributed by atoms with van der Waals surface area (Å²) in [5, 5.41) is 4.65. The summed E-state index contributed by atoms with van der Waals surface area (Å²) in [6.45, 7) is 6.83. The lowest BCUT2D eigenvalue weighted by Gasteiger charge is -2.41. The molecule has 0 saturated carbocycles. The SMILES string of the molecule is Cc1ccc2c(C)c(C(=O)N3CC[C@@H]4NCCC[C@@H]4C3)oc2c1. The van der Waals surface area contributed by atoms with E-state index in [4.69, 9.17) is 4.42 Å². The Morgan fingerprint density at radius 1 is 1.30 bits per heavy atom. The van der Waals surface area contributed by atoms with Gasteiger partial charge in [0.25, 0.3) is 5.91 Å². The molecule has 1 aromatic carbocycles. The van der Waals surface area contributed by atoms with Crippen LogP contribution in [0.1, 0.15) is 40.9 Å². The summed E-state index contributed by atoms with van der Waals surface area (Å²) in [6, 6.07) is 6.72. The minimum absolute atomic E-state index is 0.0559. The fourth-order valence-electron chi connectivity index (χ4n) is 4.11. The zero-order valence-corrected chi connectivity index (χ0v) is 13.9. The minimum atomic E-state index is 0.0559. The van der Waals surface area contributed by atoms with Crippen molar-refractivity contribution in [2.24, 2.45) is 5.92 Å². The number of hydrogen-bond acceptors (Lipinski definition) is 3. The number of likely N-dealkylation sites (tertiary alicyclic amines) is 1. The number of benzene rings is 1. The van der Waals surface area contributed by atoms with Crippen molar-refractivity contribution in [2.75, 3.05) is 19.6 Å². The molecule has 1 N–H and O–H groups in total. The fourth-order valence-corrected chi connectivity index (χ4v) is 4.11. The quantitative estimate of drug-likeness (QED) is 0.879. The van der Waals surface area contributed by atoms with Crippen molar-refractivity contribution in [3.63, 3.8) is 0 Å². The summed E-state index contributed by atoms with van der Waals surface area (Å²) in [6.07, 6.45) is 3.49. The van der Waals surface area contributed by atoms with Crippen molar-refractivity contribution in [3.05, 3.63) is 35.1 Å². The largest absolute Gasteiger partial charge is 0.451 e. The van der Waals surface area contributed by atoms with Gasteiger partial charge in [0, 0.05) is 30.1 Å². The van der Waals surface area contributed by atoms with Gasteiger partial charge in [-0.05, 0) is 57.2 Å². The number of rotatable bonds is 1. The van der Waals surface area contributed by atoms with Gasteiger partial charge in [-0.2, -0.15) is 0 Å². The first-order valence-corrected chi connectivity index (χ1v) is 8.66. The van der Waals surface area contributed by atoms with Gasteiger partial charge in [0.1, 0.15) is 5.58 Å².